The highest BCUT2D eigenvalue weighted by Crippen LogP contribution is 2.27. The number of carboxylic acid groups (broad SMARTS) is 1. The number of amides is 1. The molecule has 2 aliphatic heterocycles. The Balaban J connectivity index is 1.89. The van der Waals surface area contributed by atoms with Crippen LogP contribution in [0.5, 0.6) is 0 Å². The lowest BCUT2D eigenvalue weighted by Crippen LogP contribution is -2.51. The molecule has 1 unspecified atom stereocenters. The second-order valence-corrected chi connectivity index (χ2v) is 6.04. The first-order valence-electron chi connectivity index (χ1n) is 7.38. The number of carbonyl (C=O) groups excluding carboxylic acids is 1. The molecule has 0 bridgehead atoms. The van der Waals surface area contributed by atoms with Gasteiger partial charge in [0.1, 0.15) is 6.04 Å². The molecule has 3 rings (SSSR count). The Morgan fingerprint density at radius 3 is 2.57 bits per heavy atom. The standard InChI is InChI=1S/C16H20N2O3/c1-10-7-17-8-13(10)15(19)18-9-12-5-3-2-4-11(12)6-14(18)16(20)21/h2-5,10,13-14,17H,6-9H2,1H3,(H,20,21)/t10-,13-,14?/m1/s1. The van der Waals surface area contributed by atoms with Crippen molar-refractivity contribution in [3.8, 4) is 0 Å². The number of fused-ring (bicyclic) bond motifs is 1. The molecule has 0 spiro atoms. The lowest BCUT2D eigenvalue weighted by Gasteiger charge is -2.36. The molecular formula is C16H20N2O3. The molecule has 1 saturated heterocycles. The number of benzene rings is 1. The van der Waals surface area contributed by atoms with Crippen molar-refractivity contribution in [2.45, 2.75) is 25.9 Å². The minimum absolute atomic E-state index is 0.0330. The molecule has 1 aromatic rings. The van der Waals surface area contributed by atoms with Crippen molar-refractivity contribution in [1.29, 1.82) is 0 Å². The quantitative estimate of drug-likeness (QED) is 0.847. The van der Waals surface area contributed by atoms with E-state index in [-0.39, 0.29) is 17.7 Å². The van der Waals surface area contributed by atoms with Gasteiger partial charge in [0.05, 0.1) is 5.92 Å². The van der Waals surface area contributed by atoms with Crippen LogP contribution in [0.25, 0.3) is 0 Å². The van der Waals surface area contributed by atoms with E-state index in [0.717, 1.165) is 17.7 Å². The van der Waals surface area contributed by atoms with Crippen LogP contribution in [0.1, 0.15) is 18.1 Å². The molecule has 0 saturated carbocycles. The summed E-state index contributed by atoms with van der Waals surface area (Å²) < 4.78 is 0. The molecular weight excluding hydrogens is 268 g/mol. The van der Waals surface area contributed by atoms with E-state index in [4.69, 9.17) is 0 Å². The highest BCUT2D eigenvalue weighted by Gasteiger charge is 2.40. The van der Waals surface area contributed by atoms with Gasteiger partial charge in [0, 0.05) is 19.5 Å². The third-order valence-corrected chi connectivity index (χ3v) is 4.65. The summed E-state index contributed by atoms with van der Waals surface area (Å²) in [5, 5.41) is 12.7. The number of rotatable bonds is 2. The van der Waals surface area contributed by atoms with Crippen molar-refractivity contribution in [3.63, 3.8) is 0 Å². The molecule has 5 heteroatoms. The zero-order valence-electron chi connectivity index (χ0n) is 12.1. The zero-order valence-corrected chi connectivity index (χ0v) is 12.1. The third kappa shape index (κ3) is 2.53. The van der Waals surface area contributed by atoms with Gasteiger partial charge in [0.2, 0.25) is 5.91 Å². The van der Waals surface area contributed by atoms with Crippen LogP contribution >= 0.6 is 0 Å². The number of carboxylic acids is 1. The Morgan fingerprint density at radius 2 is 1.95 bits per heavy atom. The molecule has 0 aliphatic carbocycles. The average molecular weight is 288 g/mol. The Morgan fingerprint density at radius 1 is 1.24 bits per heavy atom. The fourth-order valence-electron chi connectivity index (χ4n) is 3.33. The van der Waals surface area contributed by atoms with Gasteiger partial charge in [0.25, 0.3) is 0 Å². The van der Waals surface area contributed by atoms with E-state index in [0.29, 0.717) is 19.5 Å². The summed E-state index contributed by atoms with van der Waals surface area (Å²) in [4.78, 5) is 25.9. The van der Waals surface area contributed by atoms with E-state index in [2.05, 4.69) is 5.32 Å². The van der Waals surface area contributed by atoms with Crippen molar-refractivity contribution in [1.82, 2.24) is 10.2 Å². The number of nitrogens with one attached hydrogen (secondary N) is 1. The van der Waals surface area contributed by atoms with Crippen LogP contribution in [0.2, 0.25) is 0 Å². The summed E-state index contributed by atoms with van der Waals surface area (Å²) >= 11 is 0. The molecule has 3 atom stereocenters. The monoisotopic (exact) mass is 288 g/mol. The minimum atomic E-state index is -0.920. The van der Waals surface area contributed by atoms with Gasteiger partial charge in [-0.25, -0.2) is 4.79 Å². The summed E-state index contributed by atoms with van der Waals surface area (Å²) in [5.41, 5.74) is 2.09. The molecule has 2 N–H and O–H groups in total. The van der Waals surface area contributed by atoms with Gasteiger partial charge >= 0.3 is 5.97 Å². The van der Waals surface area contributed by atoms with Gasteiger partial charge in [0.15, 0.2) is 0 Å². The largest absolute Gasteiger partial charge is 0.480 e. The predicted octanol–water partition coefficient (Wildman–Crippen LogP) is 0.880. The zero-order chi connectivity index (χ0) is 15.0. The SMILES string of the molecule is C[C@@H]1CNC[C@H]1C(=O)N1Cc2ccccc2CC1C(=O)O. The first-order chi connectivity index (χ1) is 10.1. The summed E-state index contributed by atoms with van der Waals surface area (Å²) in [6.45, 7) is 3.90. The number of aliphatic carboxylic acids is 1. The first kappa shape index (κ1) is 14.1. The summed E-state index contributed by atoms with van der Waals surface area (Å²) in [7, 11) is 0. The van der Waals surface area contributed by atoms with Gasteiger partial charge in [-0.2, -0.15) is 0 Å². The second kappa shape index (κ2) is 5.48. The fraction of sp³-hybridized carbons (Fsp3) is 0.500. The molecule has 1 fully saturated rings. The summed E-state index contributed by atoms with van der Waals surface area (Å²) in [6.07, 6.45) is 0.395. The van der Waals surface area contributed by atoms with Crippen LogP contribution in [0.15, 0.2) is 24.3 Å². The number of hydrogen-bond acceptors (Lipinski definition) is 3. The van der Waals surface area contributed by atoms with Crippen LogP contribution in [-0.4, -0.2) is 41.0 Å². The lowest BCUT2D eigenvalue weighted by atomic mass is 9.90. The molecule has 0 radical (unpaired) electrons. The van der Waals surface area contributed by atoms with Gasteiger partial charge in [-0.3, -0.25) is 4.79 Å². The van der Waals surface area contributed by atoms with Crippen molar-refractivity contribution >= 4 is 11.9 Å². The van der Waals surface area contributed by atoms with Crippen LogP contribution in [-0.2, 0) is 22.6 Å². The molecule has 5 nitrogen and oxygen atoms in total. The number of nitrogens with zero attached hydrogens (tertiary/aromatic N) is 1. The summed E-state index contributed by atoms with van der Waals surface area (Å²) in [6, 6.07) is 7.03. The summed E-state index contributed by atoms with van der Waals surface area (Å²) in [5.74, 6) is -0.813. The van der Waals surface area contributed by atoms with E-state index in [1.165, 1.54) is 0 Å². The maximum absolute atomic E-state index is 12.8. The van der Waals surface area contributed by atoms with Crippen LogP contribution < -0.4 is 5.32 Å². The molecule has 1 amide bonds. The number of hydrogen-bond donors (Lipinski definition) is 2. The van der Waals surface area contributed by atoms with Crippen LogP contribution in [0, 0.1) is 11.8 Å². The number of carbonyl (C=O) groups is 2. The maximum Gasteiger partial charge on any atom is 0.326 e. The lowest BCUT2D eigenvalue weighted by molar-refractivity contribution is -0.153. The van der Waals surface area contributed by atoms with Crippen molar-refractivity contribution in [3.05, 3.63) is 35.4 Å². The van der Waals surface area contributed by atoms with E-state index in [1.54, 1.807) is 4.90 Å². The molecule has 2 aliphatic rings. The van der Waals surface area contributed by atoms with E-state index < -0.39 is 12.0 Å². The van der Waals surface area contributed by atoms with Gasteiger partial charge in [-0.15, -0.1) is 0 Å². The smallest absolute Gasteiger partial charge is 0.326 e. The topological polar surface area (TPSA) is 69.6 Å². The average Bonchev–Trinajstić information content (AvgIpc) is 2.91. The predicted molar refractivity (Wildman–Crippen MR) is 77.6 cm³/mol. The molecule has 0 aromatic heterocycles. The van der Waals surface area contributed by atoms with Crippen LogP contribution in [0.3, 0.4) is 0 Å². The Bertz CT molecular complexity index is 572. The van der Waals surface area contributed by atoms with Crippen molar-refractivity contribution in [2.24, 2.45) is 11.8 Å². The maximum atomic E-state index is 12.8. The molecule has 112 valence electrons. The van der Waals surface area contributed by atoms with E-state index in [1.807, 2.05) is 31.2 Å². The van der Waals surface area contributed by atoms with Gasteiger partial charge in [-0.05, 0) is 23.6 Å². The Hall–Kier alpha value is -1.88. The normalized spacial score (nSPS) is 28.2. The fourth-order valence-corrected chi connectivity index (χ4v) is 3.33. The second-order valence-electron chi connectivity index (χ2n) is 6.04. The Labute approximate surface area is 123 Å². The van der Waals surface area contributed by atoms with E-state index >= 15 is 0 Å². The van der Waals surface area contributed by atoms with Crippen molar-refractivity contribution in [2.75, 3.05) is 13.1 Å². The van der Waals surface area contributed by atoms with Gasteiger partial charge in [-0.1, -0.05) is 31.2 Å². The van der Waals surface area contributed by atoms with Crippen LogP contribution in [0.4, 0.5) is 0 Å². The molecule has 21 heavy (non-hydrogen) atoms. The highest BCUT2D eigenvalue weighted by atomic mass is 16.4. The van der Waals surface area contributed by atoms with Crippen molar-refractivity contribution < 1.29 is 14.7 Å². The molecule has 2 heterocycles. The van der Waals surface area contributed by atoms with Gasteiger partial charge < -0.3 is 15.3 Å². The first-order valence-corrected chi connectivity index (χ1v) is 7.38. The molecule has 1 aromatic carbocycles. The highest BCUT2D eigenvalue weighted by molar-refractivity contribution is 5.86. The Kier molecular flexibility index (Phi) is 3.68. The third-order valence-electron chi connectivity index (χ3n) is 4.65. The minimum Gasteiger partial charge on any atom is -0.480 e. The van der Waals surface area contributed by atoms with E-state index in [9.17, 15) is 14.7 Å².